The van der Waals surface area contributed by atoms with Crippen LogP contribution in [0.3, 0.4) is 0 Å². The summed E-state index contributed by atoms with van der Waals surface area (Å²) in [5.74, 6) is -0.383. The highest BCUT2D eigenvalue weighted by Gasteiger charge is 2.38. The predicted molar refractivity (Wildman–Crippen MR) is 134 cm³/mol. The molecule has 1 unspecified atom stereocenters. The van der Waals surface area contributed by atoms with Gasteiger partial charge in [0.2, 0.25) is 0 Å². The molecule has 0 radical (unpaired) electrons. The Hall–Kier alpha value is -2.27. The van der Waals surface area contributed by atoms with E-state index < -0.39 is 9.84 Å². The van der Waals surface area contributed by atoms with E-state index in [1.54, 1.807) is 17.0 Å². The number of hydrogen-bond acceptors (Lipinski definition) is 7. The van der Waals surface area contributed by atoms with Crippen molar-refractivity contribution in [1.29, 1.82) is 0 Å². The summed E-state index contributed by atoms with van der Waals surface area (Å²) < 4.78 is 39.5. The van der Waals surface area contributed by atoms with Gasteiger partial charge in [0, 0.05) is 50.0 Å². The van der Waals surface area contributed by atoms with Gasteiger partial charge >= 0.3 is 0 Å². The number of fused-ring (bicyclic) bond motifs is 3. The van der Waals surface area contributed by atoms with Crippen LogP contribution in [0.15, 0.2) is 29.2 Å². The first-order valence-electron chi connectivity index (χ1n) is 13.2. The lowest BCUT2D eigenvalue weighted by molar-refractivity contribution is 0.0297. The van der Waals surface area contributed by atoms with Gasteiger partial charge in [-0.2, -0.15) is 5.10 Å². The summed E-state index contributed by atoms with van der Waals surface area (Å²) in [6.07, 6.45) is 5.07. The number of rotatable bonds is 3. The Bertz CT molecular complexity index is 1230. The highest BCUT2D eigenvalue weighted by molar-refractivity contribution is 7.90. The van der Waals surface area contributed by atoms with E-state index in [0.29, 0.717) is 48.4 Å². The van der Waals surface area contributed by atoms with Crippen molar-refractivity contribution in [1.82, 2.24) is 19.6 Å². The van der Waals surface area contributed by atoms with Gasteiger partial charge in [-0.3, -0.25) is 9.48 Å². The minimum atomic E-state index is -3.56. The number of aromatic nitrogens is 2. The van der Waals surface area contributed by atoms with Gasteiger partial charge in [0.05, 0.1) is 35.6 Å². The molecule has 1 aromatic heterocycles. The van der Waals surface area contributed by atoms with Crippen LogP contribution in [0.25, 0.3) is 11.3 Å². The van der Waals surface area contributed by atoms with Gasteiger partial charge < -0.3 is 19.3 Å². The van der Waals surface area contributed by atoms with Crippen molar-refractivity contribution >= 4 is 15.7 Å². The van der Waals surface area contributed by atoms with Gasteiger partial charge in [0.25, 0.3) is 5.91 Å². The number of carbonyl (C=O) groups is 1. The van der Waals surface area contributed by atoms with E-state index in [4.69, 9.17) is 14.6 Å². The average Bonchev–Trinajstić information content (AvgIpc) is 3.10. The van der Waals surface area contributed by atoms with Crippen LogP contribution < -0.4 is 0 Å². The fourth-order valence-corrected chi connectivity index (χ4v) is 7.80. The molecule has 194 valence electrons. The summed E-state index contributed by atoms with van der Waals surface area (Å²) in [5, 5.41) is 4.92. The highest BCUT2D eigenvalue weighted by Crippen LogP contribution is 2.42. The Labute approximate surface area is 212 Å². The van der Waals surface area contributed by atoms with Crippen molar-refractivity contribution in [2.24, 2.45) is 0 Å². The maximum Gasteiger partial charge on any atom is 0.274 e. The third-order valence-electron chi connectivity index (χ3n) is 8.11. The van der Waals surface area contributed by atoms with Crippen molar-refractivity contribution < 1.29 is 22.7 Å². The number of carbonyl (C=O) groups excluding carboxylic acids is 1. The van der Waals surface area contributed by atoms with Crippen LogP contribution in [0.1, 0.15) is 54.2 Å². The van der Waals surface area contributed by atoms with Crippen LogP contribution in [0, 0.1) is 0 Å². The Morgan fingerprint density at radius 3 is 2.44 bits per heavy atom. The summed E-state index contributed by atoms with van der Waals surface area (Å²) in [7, 11) is -3.56. The molecule has 3 saturated heterocycles. The van der Waals surface area contributed by atoms with E-state index >= 15 is 0 Å². The van der Waals surface area contributed by atoms with Crippen LogP contribution in [-0.2, 0) is 25.1 Å². The Kier molecular flexibility index (Phi) is 6.62. The van der Waals surface area contributed by atoms with Gasteiger partial charge in [-0.05, 0) is 44.7 Å². The number of sulfone groups is 1. The van der Waals surface area contributed by atoms with Crippen molar-refractivity contribution in [2.75, 3.05) is 52.6 Å². The second-order valence-electron chi connectivity index (χ2n) is 10.2. The molecule has 10 heteroatoms. The molecule has 0 N–H and O–H groups in total. The van der Waals surface area contributed by atoms with Crippen LogP contribution in [0.5, 0.6) is 0 Å². The Morgan fingerprint density at radius 2 is 1.64 bits per heavy atom. The summed E-state index contributed by atoms with van der Waals surface area (Å²) in [6, 6.07) is 7.84. The molecule has 1 aromatic carbocycles. The van der Waals surface area contributed by atoms with Gasteiger partial charge in [0.1, 0.15) is 0 Å². The first-order valence-corrected chi connectivity index (χ1v) is 14.8. The zero-order valence-corrected chi connectivity index (χ0v) is 21.4. The Morgan fingerprint density at radius 1 is 0.889 bits per heavy atom. The molecule has 0 bridgehead atoms. The van der Waals surface area contributed by atoms with Crippen molar-refractivity contribution in [3.8, 4) is 11.3 Å². The molecule has 3 fully saturated rings. The molecule has 5 heterocycles. The molecule has 0 spiro atoms. The molecule has 0 aliphatic carbocycles. The number of amides is 1. The number of hydrogen-bond donors (Lipinski definition) is 0. The number of likely N-dealkylation sites (tertiary alicyclic amines) is 1. The first-order chi connectivity index (χ1) is 17.5. The third-order valence-corrected chi connectivity index (χ3v) is 9.80. The third kappa shape index (κ3) is 4.38. The lowest BCUT2D eigenvalue weighted by atomic mass is 10.0. The number of nitrogens with zero attached hydrogens (tertiary/aromatic N) is 4. The van der Waals surface area contributed by atoms with E-state index in [9.17, 15) is 13.2 Å². The lowest BCUT2D eigenvalue weighted by Crippen LogP contribution is -2.41. The van der Waals surface area contributed by atoms with Crippen molar-refractivity contribution in [2.45, 2.75) is 54.8 Å². The lowest BCUT2D eigenvalue weighted by Gasteiger charge is -2.33. The minimum absolute atomic E-state index is 0.115. The standard InChI is InChI=1S/C26H34N4O5S/c31-26(29-12-16-35-17-13-29)24-22-18-36(32,33)23-6-2-1-5-21(23)25(22)30(27-24)20-4-3-10-28(11-7-20)19-8-14-34-15-9-19/h1-2,5-6,19-20H,3-4,7-18H2. The van der Waals surface area contributed by atoms with E-state index in [-0.39, 0.29) is 23.4 Å². The summed E-state index contributed by atoms with van der Waals surface area (Å²) in [4.78, 5) is 18.3. The fourth-order valence-electron chi connectivity index (χ4n) is 6.21. The quantitative estimate of drug-likeness (QED) is 0.621. The molecular weight excluding hydrogens is 480 g/mol. The average molecular weight is 515 g/mol. The van der Waals surface area contributed by atoms with E-state index in [1.807, 2.05) is 16.8 Å². The minimum Gasteiger partial charge on any atom is -0.381 e. The molecule has 4 aliphatic heterocycles. The van der Waals surface area contributed by atoms with Gasteiger partial charge in [0.15, 0.2) is 15.5 Å². The zero-order chi connectivity index (χ0) is 24.7. The molecule has 1 atom stereocenters. The van der Waals surface area contributed by atoms with Crippen molar-refractivity contribution in [3.63, 3.8) is 0 Å². The van der Waals surface area contributed by atoms with Gasteiger partial charge in [-0.1, -0.05) is 18.2 Å². The second-order valence-corrected chi connectivity index (χ2v) is 12.2. The van der Waals surface area contributed by atoms with Gasteiger partial charge in [-0.25, -0.2) is 8.42 Å². The van der Waals surface area contributed by atoms with E-state index in [0.717, 1.165) is 64.1 Å². The van der Waals surface area contributed by atoms with Gasteiger partial charge in [-0.15, -0.1) is 0 Å². The number of benzene rings is 1. The smallest absolute Gasteiger partial charge is 0.274 e. The van der Waals surface area contributed by atoms with Crippen LogP contribution in [0.4, 0.5) is 0 Å². The number of morpholine rings is 1. The van der Waals surface area contributed by atoms with E-state index in [1.165, 1.54) is 0 Å². The molecule has 0 saturated carbocycles. The molecule has 36 heavy (non-hydrogen) atoms. The maximum absolute atomic E-state index is 13.6. The topological polar surface area (TPSA) is 94.0 Å². The molecule has 1 amide bonds. The highest BCUT2D eigenvalue weighted by atomic mass is 32.2. The molecule has 4 aliphatic rings. The zero-order valence-electron chi connectivity index (χ0n) is 20.6. The summed E-state index contributed by atoms with van der Waals surface area (Å²) in [5.41, 5.74) is 2.31. The fraction of sp³-hybridized carbons (Fsp3) is 0.615. The first kappa shape index (κ1) is 24.1. The normalized spacial score (nSPS) is 25.1. The summed E-state index contributed by atoms with van der Waals surface area (Å²) >= 11 is 0. The number of ether oxygens (including phenoxy) is 2. The van der Waals surface area contributed by atoms with Crippen molar-refractivity contribution in [3.05, 3.63) is 35.5 Å². The van der Waals surface area contributed by atoms with Crippen LogP contribution >= 0.6 is 0 Å². The van der Waals surface area contributed by atoms with Crippen LogP contribution in [0.2, 0.25) is 0 Å². The monoisotopic (exact) mass is 514 g/mol. The molecule has 2 aromatic rings. The summed E-state index contributed by atoms with van der Waals surface area (Å²) in [6.45, 7) is 5.64. The molecular formula is C26H34N4O5S. The predicted octanol–water partition coefficient (Wildman–Crippen LogP) is 2.52. The van der Waals surface area contributed by atoms with Crippen LogP contribution in [-0.4, -0.2) is 92.6 Å². The maximum atomic E-state index is 13.6. The Balaban J connectivity index is 1.38. The molecule has 9 nitrogen and oxygen atoms in total. The molecule has 6 rings (SSSR count). The second kappa shape index (κ2) is 9.89. The largest absolute Gasteiger partial charge is 0.381 e. The SMILES string of the molecule is O=C(c1nn(C2CCCN(C3CCOCC3)CC2)c2c1CS(=O)(=O)c1ccccc1-2)N1CCOCC1. The van der Waals surface area contributed by atoms with E-state index in [2.05, 4.69) is 4.90 Å².